The molecule has 3 rings (SSSR count). The van der Waals surface area contributed by atoms with E-state index in [1.165, 1.54) is 5.56 Å². The van der Waals surface area contributed by atoms with Crippen LogP contribution >= 0.6 is 0 Å². The predicted molar refractivity (Wildman–Crippen MR) is 102 cm³/mol. The van der Waals surface area contributed by atoms with E-state index in [0.717, 1.165) is 11.3 Å². The molecule has 0 aliphatic carbocycles. The first-order chi connectivity index (χ1) is 12.6. The van der Waals surface area contributed by atoms with Gasteiger partial charge in [0.15, 0.2) is 5.69 Å². The van der Waals surface area contributed by atoms with Gasteiger partial charge in [-0.3, -0.25) is 9.78 Å². The largest absolute Gasteiger partial charge is 0.365 e. The maximum atomic E-state index is 12.3. The van der Waals surface area contributed by atoms with Crippen LogP contribution < -0.4 is 10.6 Å². The Morgan fingerprint density at radius 1 is 0.962 bits per heavy atom. The van der Waals surface area contributed by atoms with Gasteiger partial charge in [0.1, 0.15) is 5.82 Å². The Balaban J connectivity index is 1.58. The molecule has 0 fully saturated rings. The average molecular weight is 347 g/mol. The van der Waals surface area contributed by atoms with Crippen molar-refractivity contribution in [1.29, 1.82) is 0 Å². The molecular weight excluding hydrogens is 326 g/mol. The molecule has 26 heavy (non-hydrogen) atoms. The number of nitrogens with one attached hydrogen (secondary N) is 2. The smallest absolute Gasteiger partial charge is 0.276 e. The average Bonchev–Trinajstić information content (AvgIpc) is 2.68. The Bertz CT molecular complexity index is 846. The quantitative estimate of drug-likeness (QED) is 0.708. The zero-order chi connectivity index (χ0) is 18.4. The molecule has 1 aromatic carbocycles. The van der Waals surface area contributed by atoms with Crippen LogP contribution in [0.4, 0.5) is 11.5 Å². The maximum Gasteiger partial charge on any atom is 0.276 e. The van der Waals surface area contributed by atoms with E-state index in [1.807, 2.05) is 36.4 Å². The topological polar surface area (TPSA) is 79.8 Å². The molecular formula is C20H21N5O. The van der Waals surface area contributed by atoms with Gasteiger partial charge in [-0.15, -0.1) is 10.2 Å². The Morgan fingerprint density at radius 3 is 2.31 bits per heavy atom. The molecule has 0 unspecified atom stereocenters. The number of hydrogen-bond acceptors (Lipinski definition) is 5. The van der Waals surface area contributed by atoms with Gasteiger partial charge in [0.25, 0.3) is 5.91 Å². The molecule has 0 spiro atoms. The Morgan fingerprint density at radius 2 is 1.69 bits per heavy atom. The zero-order valence-corrected chi connectivity index (χ0v) is 14.8. The lowest BCUT2D eigenvalue weighted by molar-refractivity contribution is 0.102. The number of hydrogen-bond donors (Lipinski definition) is 2. The summed E-state index contributed by atoms with van der Waals surface area (Å²) in [6, 6.07) is 15.1. The van der Waals surface area contributed by atoms with Gasteiger partial charge in [0.2, 0.25) is 0 Å². The highest BCUT2D eigenvalue weighted by Gasteiger charge is 2.09. The fourth-order valence-corrected chi connectivity index (χ4v) is 2.39. The SMILES string of the molecule is CC(C)c1ccc(NC(=O)c2ccc(NCc3ccncc3)nn2)cc1. The molecule has 0 radical (unpaired) electrons. The standard InChI is InChI=1S/C20H21N5O/c1-14(2)16-3-5-17(6-4-16)23-20(26)18-7-8-19(25-24-18)22-13-15-9-11-21-12-10-15/h3-12,14H,13H2,1-2H3,(H,22,25)(H,23,26). The van der Waals surface area contributed by atoms with Crippen molar-refractivity contribution in [2.75, 3.05) is 10.6 Å². The van der Waals surface area contributed by atoms with Crippen molar-refractivity contribution in [3.05, 3.63) is 77.7 Å². The van der Waals surface area contributed by atoms with Gasteiger partial charge in [-0.05, 0) is 53.4 Å². The maximum absolute atomic E-state index is 12.3. The van der Waals surface area contributed by atoms with Gasteiger partial charge in [-0.2, -0.15) is 0 Å². The second-order valence-corrected chi connectivity index (χ2v) is 6.24. The molecule has 0 bridgehead atoms. The molecule has 0 saturated heterocycles. The van der Waals surface area contributed by atoms with Crippen LogP contribution in [0, 0.1) is 0 Å². The molecule has 0 aliphatic rings. The minimum atomic E-state index is -0.282. The van der Waals surface area contributed by atoms with Crippen molar-refractivity contribution in [2.24, 2.45) is 0 Å². The Kier molecular flexibility index (Phi) is 5.53. The van der Waals surface area contributed by atoms with E-state index in [4.69, 9.17) is 0 Å². The summed E-state index contributed by atoms with van der Waals surface area (Å²) in [6.07, 6.45) is 3.48. The highest BCUT2D eigenvalue weighted by atomic mass is 16.1. The summed E-state index contributed by atoms with van der Waals surface area (Å²) in [7, 11) is 0. The second kappa shape index (κ2) is 8.20. The summed E-state index contributed by atoms with van der Waals surface area (Å²) in [6.45, 7) is 4.88. The van der Waals surface area contributed by atoms with Crippen molar-refractivity contribution in [3.8, 4) is 0 Å². The number of aromatic nitrogens is 3. The van der Waals surface area contributed by atoms with E-state index in [2.05, 4.69) is 39.7 Å². The van der Waals surface area contributed by atoms with Crippen LogP contribution in [0.15, 0.2) is 60.9 Å². The van der Waals surface area contributed by atoms with E-state index in [-0.39, 0.29) is 11.6 Å². The molecule has 0 saturated carbocycles. The zero-order valence-electron chi connectivity index (χ0n) is 14.8. The van der Waals surface area contributed by atoms with Gasteiger partial charge < -0.3 is 10.6 Å². The normalized spacial score (nSPS) is 10.6. The van der Waals surface area contributed by atoms with E-state index >= 15 is 0 Å². The summed E-state index contributed by atoms with van der Waals surface area (Å²) < 4.78 is 0. The van der Waals surface area contributed by atoms with Crippen LogP contribution in [0.25, 0.3) is 0 Å². The monoisotopic (exact) mass is 347 g/mol. The van der Waals surface area contributed by atoms with Crippen molar-refractivity contribution in [3.63, 3.8) is 0 Å². The Hall–Kier alpha value is -3.28. The van der Waals surface area contributed by atoms with Crippen LogP contribution in [0.5, 0.6) is 0 Å². The lowest BCUT2D eigenvalue weighted by Gasteiger charge is -2.08. The molecule has 132 valence electrons. The minimum Gasteiger partial charge on any atom is -0.365 e. The lowest BCUT2D eigenvalue weighted by atomic mass is 10.0. The van der Waals surface area contributed by atoms with Crippen molar-refractivity contribution in [1.82, 2.24) is 15.2 Å². The van der Waals surface area contributed by atoms with Crippen LogP contribution in [0.1, 0.15) is 41.4 Å². The van der Waals surface area contributed by atoms with E-state index in [9.17, 15) is 4.79 Å². The van der Waals surface area contributed by atoms with Gasteiger partial charge >= 0.3 is 0 Å². The fraction of sp³-hybridized carbons (Fsp3) is 0.200. The van der Waals surface area contributed by atoms with Crippen LogP contribution in [-0.2, 0) is 6.54 Å². The number of anilines is 2. The summed E-state index contributed by atoms with van der Waals surface area (Å²) >= 11 is 0. The van der Waals surface area contributed by atoms with Gasteiger partial charge in [0, 0.05) is 24.6 Å². The third-order valence-corrected chi connectivity index (χ3v) is 3.96. The summed E-state index contributed by atoms with van der Waals surface area (Å²) in [5, 5.41) is 14.0. The number of carbonyl (C=O) groups excluding carboxylic acids is 1. The highest BCUT2D eigenvalue weighted by molar-refractivity contribution is 6.02. The molecule has 0 aliphatic heterocycles. The summed E-state index contributed by atoms with van der Waals surface area (Å²) in [4.78, 5) is 16.3. The predicted octanol–water partition coefficient (Wildman–Crippen LogP) is 3.86. The first kappa shape index (κ1) is 17.5. The van der Waals surface area contributed by atoms with Gasteiger partial charge in [0.05, 0.1) is 0 Å². The van der Waals surface area contributed by atoms with Crippen LogP contribution in [0.3, 0.4) is 0 Å². The van der Waals surface area contributed by atoms with Crippen molar-refractivity contribution in [2.45, 2.75) is 26.3 Å². The number of benzene rings is 1. The molecule has 2 heterocycles. The molecule has 2 aromatic heterocycles. The van der Waals surface area contributed by atoms with E-state index in [0.29, 0.717) is 18.3 Å². The third-order valence-electron chi connectivity index (χ3n) is 3.96. The van der Waals surface area contributed by atoms with Crippen LogP contribution in [-0.4, -0.2) is 21.1 Å². The highest BCUT2D eigenvalue weighted by Crippen LogP contribution is 2.17. The molecule has 1 amide bonds. The molecule has 3 aromatic rings. The van der Waals surface area contributed by atoms with Gasteiger partial charge in [-0.1, -0.05) is 26.0 Å². The Labute approximate surface area is 152 Å². The number of rotatable bonds is 6. The van der Waals surface area contributed by atoms with E-state index in [1.54, 1.807) is 24.5 Å². The van der Waals surface area contributed by atoms with Crippen LogP contribution in [0.2, 0.25) is 0 Å². The molecule has 6 nitrogen and oxygen atoms in total. The van der Waals surface area contributed by atoms with Gasteiger partial charge in [-0.25, -0.2) is 0 Å². The number of carbonyl (C=O) groups is 1. The minimum absolute atomic E-state index is 0.271. The number of nitrogens with zero attached hydrogens (tertiary/aromatic N) is 3. The second-order valence-electron chi connectivity index (χ2n) is 6.24. The number of pyridine rings is 1. The number of amides is 1. The fourth-order valence-electron chi connectivity index (χ4n) is 2.39. The summed E-state index contributed by atoms with van der Waals surface area (Å²) in [5.74, 6) is 0.785. The third kappa shape index (κ3) is 4.63. The first-order valence-corrected chi connectivity index (χ1v) is 8.49. The molecule has 2 N–H and O–H groups in total. The lowest BCUT2D eigenvalue weighted by Crippen LogP contribution is -2.15. The van der Waals surface area contributed by atoms with Crippen molar-refractivity contribution >= 4 is 17.4 Å². The van der Waals surface area contributed by atoms with E-state index < -0.39 is 0 Å². The van der Waals surface area contributed by atoms with Crippen molar-refractivity contribution < 1.29 is 4.79 Å². The first-order valence-electron chi connectivity index (χ1n) is 8.49. The summed E-state index contributed by atoms with van der Waals surface area (Å²) in [5.41, 5.74) is 3.33. The molecule has 6 heteroatoms. The molecule has 0 atom stereocenters.